The average molecular weight is 315 g/mol. The Labute approximate surface area is 129 Å². The van der Waals surface area contributed by atoms with Crippen LogP contribution in [0.5, 0.6) is 0 Å². The Morgan fingerprint density at radius 2 is 2.10 bits per heavy atom. The zero-order chi connectivity index (χ0) is 14.5. The van der Waals surface area contributed by atoms with Gasteiger partial charge in [-0.25, -0.2) is 4.39 Å². The Bertz CT molecular complexity index is 561. The first-order chi connectivity index (χ1) is 9.58. The maximum absolute atomic E-state index is 13.2. The van der Waals surface area contributed by atoms with Crippen LogP contribution < -0.4 is 5.73 Å². The summed E-state index contributed by atoms with van der Waals surface area (Å²) in [6, 6.07) is 6.87. The Kier molecular flexibility index (Phi) is 6.74. The second kappa shape index (κ2) is 8.07. The lowest BCUT2D eigenvalue weighted by Crippen LogP contribution is -2.30. The molecule has 2 N–H and O–H groups in total. The van der Waals surface area contributed by atoms with Crippen LogP contribution in [0, 0.1) is 5.82 Å². The van der Waals surface area contributed by atoms with Crippen molar-refractivity contribution in [1.82, 2.24) is 15.0 Å². The van der Waals surface area contributed by atoms with Gasteiger partial charge in [-0.05, 0) is 31.5 Å². The van der Waals surface area contributed by atoms with Crippen LogP contribution in [0.15, 0.2) is 28.8 Å². The minimum atomic E-state index is -0.226. The van der Waals surface area contributed by atoms with E-state index in [2.05, 4.69) is 28.9 Å². The Morgan fingerprint density at radius 1 is 1.33 bits per heavy atom. The average Bonchev–Trinajstić information content (AvgIpc) is 2.85. The maximum Gasteiger partial charge on any atom is 0.240 e. The van der Waals surface area contributed by atoms with E-state index >= 15 is 0 Å². The molecule has 0 aliphatic carbocycles. The third-order valence-corrected chi connectivity index (χ3v) is 3.03. The standard InChI is InChI=1S/C14H19FN4O.ClH/c1-10(2)19(8-11-4-3-5-12(15)6-11)9-13-17-14(7-16)20-18-13;/h3-6,10H,7-9,16H2,1-2H3;1H. The summed E-state index contributed by atoms with van der Waals surface area (Å²) in [4.78, 5) is 6.33. The molecule has 7 heteroatoms. The van der Waals surface area contributed by atoms with Crippen molar-refractivity contribution >= 4 is 12.4 Å². The molecule has 0 radical (unpaired) electrons. The largest absolute Gasteiger partial charge is 0.338 e. The van der Waals surface area contributed by atoms with Gasteiger partial charge in [-0.2, -0.15) is 4.98 Å². The van der Waals surface area contributed by atoms with Crippen molar-refractivity contribution in [3.05, 3.63) is 47.4 Å². The molecule has 1 heterocycles. The quantitative estimate of drug-likeness (QED) is 0.887. The summed E-state index contributed by atoms with van der Waals surface area (Å²) in [6.45, 7) is 5.55. The minimum Gasteiger partial charge on any atom is -0.338 e. The van der Waals surface area contributed by atoms with Gasteiger partial charge in [0, 0.05) is 12.6 Å². The van der Waals surface area contributed by atoms with Crippen LogP contribution in [0.3, 0.4) is 0 Å². The van der Waals surface area contributed by atoms with E-state index in [-0.39, 0.29) is 30.8 Å². The number of aromatic nitrogens is 2. The molecule has 0 unspecified atom stereocenters. The SMILES string of the molecule is CC(C)N(Cc1cccc(F)c1)Cc1noc(CN)n1.Cl. The highest BCUT2D eigenvalue weighted by Gasteiger charge is 2.15. The van der Waals surface area contributed by atoms with Crippen LogP contribution in [0.1, 0.15) is 31.1 Å². The number of hydrogen-bond acceptors (Lipinski definition) is 5. The fraction of sp³-hybridized carbons (Fsp3) is 0.429. The van der Waals surface area contributed by atoms with E-state index in [0.29, 0.717) is 24.8 Å². The van der Waals surface area contributed by atoms with Gasteiger partial charge in [0.1, 0.15) is 5.82 Å². The first-order valence-electron chi connectivity index (χ1n) is 6.58. The molecule has 0 aliphatic rings. The molecule has 0 atom stereocenters. The lowest BCUT2D eigenvalue weighted by Gasteiger charge is -2.25. The third-order valence-electron chi connectivity index (χ3n) is 3.03. The van der Waals surface area contributed by atoms with E-state index in [1.54, 1.807) is 6.07 Å². The van der Waals surface area contributed by atoms with Gasteiger partial charge in [-0.1, -0.05) is 17.3 Å². The van der Waals surface area contributed by atoms with Crippen LogP contribution in [-0.2, 0) is 19.6 Å². The van der Waals surface area contributed by atoms with E-state index in [1.807, 2.05) is 6.07 Å². The molecule has 0 bridgehead atoms. The maximum atomic E-state index is 13.2. The molecule has 2 rings (SSSR count). The van der Waals surface area contributed by atoms with Gasteiger partial charge in [0.05, 0.1) is 13.1 Å². The molecule has 0 saturated heterocycles. The van der Waals surface area contributed by atoms with Gasteiger partial charge < -0.3 is 10.3 Å². The van der Waals surface area contributed by atoms with Crippen molar-refractivity contribution in [2.75, 3.05) is 0 Å². The normalized spacial score (nSPS) is 11.0. The molecule has 2 aromatic rings. The molecule has 0 aliphatic heterocycles. The molecule has 21 heavy (non-hydrogen) atoms. The topological polar surface area (TPSA) is 68.2 Å². The van der Waals surface area contributed by atoms with Gasteiger partial charge in [-0.15, -0.1) is 12.4 Å². The number of nitrogens with two attached hydrogens (primary N) is 1. The van der Waals surface area contributed by atoms with Gasteiger partial charge in [0.2, 0.25) is 5.89 Å². The summed E-state index contributed by atoms with van der Waals surface area (Å²) in [6.07, 6.45) is 0. The Balaban J connectivity index is 0.00000220. The predicted octanol–water partition coefficient (Wildman–Crippen LogP) is 2.50. The van der Waals surface area contributed by atoms with Crippen molar-refractivity contribution in [2.45, 2.75) is 39.5 Å². The van der Waals surface area contributed by atoms with Crippen LogP contribution in [-0.4, -0.2) is 21.1 Å². The van der Waals surface area contributed by atoms with Gasteiger partial charge in [0.25, 0.3) is 0 Å². The van der Waals surface area contributed by atoms with E-state index in [9.17, 15) is 4.39 Å². The summed E-state index contributed by atoms with van der Waals surface area (Å²) in [5.41, 5.74) is 6.36. The molecule has 0 fully saturated rings. The van der Waals surface area contributed by atoms with Gasteiger partial charge in [-0.3, -0.25) is 4.90 Å². The van der Waals surface area contributed by atoms with Gasteiger partial charge >= 0.3 is 0 Å². The fourth-order valence-corrected chi connectivity index (χ4v) is 1.91. The highest BCUT2D eigenvalue weighted by Crippen LogP contribution is 2.13. The number of halogens is 2. The second-order valence-electron chi connectivity index (χ2n) is 4.94. The zero-order valence-electron chi connectivity index (χ0n) is 12.1. The molecule has 1 aromatic heterocycles. The summed E-state index contributed by atoms with van der Waals surface area (Å²) in [7, 11) is 0. The van der Waals surface area contributed by atoms with Crippen molar-refractivity contribution in [3.8, 4) is 0 Å². The molecule has 0 spiro atoms. The smallest absolute Gasteiger partial charge is 0.240 e. The van der Waals surface area contributed by atoms with Crippen molar-refractivity contribution in [2.24, 2.45) is 5.73 Å². The minimum absolute atomic E-state index is 0. The third kappa shape index (κ3) is 5.08. The second-order valence-corrected chi connectivity index (χ2v) is 4.94. The van der Waals surface area contributed by atoms with Crippen molar-refractivity contribution < 1.29 is 8.91 Å². The van der Waals surface area contributed by atoms with Crippen LogP contribution in [0.25, 0.3) is 0 Å². The number of nitrogens with zero attached hydrogens (tertiary/aromatic N) is 3. The van der Waals surface area contributed by atoms with Crippen molar-refractivity contribution in [3.63, 3.8) is 0 Å². The lowest BCUT2D eigenvalue weighted by atomic mass is 10.2. The molecule has 0 saturated carbocycles. The first kappa shape index (κ1) is 17.6. The van der Waals surface area contributed by atoms with Crippen molar-refractivity contribution in [1.29, 1.82) is 0 Å². The van der Waals surface area contributed by atoms with Crippen LogP contribution >= 0.6 is 12.4 Å². The molecular formula is C14H20ClFN4O. The monoisotopic (exact) mass is 314 g/mol. The van der Waals surface area contributed by atoms with E-state index in [1.165, 1.54) is 12.1 Å². The number of hydrogen-bond donors (Lipinski definition) is 1. The summed E-state index contributed by atoms with van der Waals surface area (Å²) in [5.74, 6) is 0.793. The Hall–Kier alpha value is -1.50. The highest BCUT2D eigenvalue weighted by atomic mass is 35.5. The summed E-state index contributed by atoms with van der Waals surface area (Å²) >= 11 is 0. The van der Waals surface area contributed by atoms with Crippen LogP contribution in [0.4, 0.5) is 4.39 Å². The van der Waals surface area contributed by atoms with E-state index in [4.69, 9.17) is 10.3 Å². The highest BCUT2D eigenvalue weighted by molar-refractivity contribution is 5.85. The predicted molar refractivity (Wildman–Crippen MR) is 80.2 cm³/mol. The number of benzene rings is 1. The first-order valence-corrected chi connectivity index (χ1v) is 6.58. The van der Waals surface area contributed by atoms with Gasteiger partial charge in [0.15, 0.2) is 5.82 Å². The fourth-order valence-electron chi connectivity index (χ4n) is 1.91. The summed E-state index contributed by atoms with van der Waals surface area (Å²) in [5, 5.41) is 3.89. The molecule has 0 amide bonds. The zero-order valence-corrected chi connectivity index (χ0v) is 12.9. The summed E-state index contributed by atoms with van der Waals surface area (Å²) < 4.78 is 18.2. The lowest BCUT2D eigenvalue weighted by molar-refractivity contribution is 0.195. The number of rotatable bonds is 6. The molecular weight excluding hydrogens is 295 g/mol. The van der Waals surface area contributed by atoms with E-state index in [0.717, 1.165) is 5.56 Å². The van der Waals surface area contributed by atoms with Crippen LogP contribution in [0.2, 0.25) is 0 Å². The van der Waals surface area contributed by atoms with E-state index < -0.39 is 0 Å². The molecule has 5 nitrogen and oxygen atoms in total. The Morgan fingerprint density at radius 3 is 2.67 bits per heavy atom. The molecule has 1 aromatic carbocycles. The molecule has 116 valence electrons.